The van der Waals surface area contributed by atoms with Crippen LogP contribution in [0.1, 0.15) is 34.9 Å². The predicted octanol–water partition coefficient (Wildman–Crippen LogP) is 2.19. The normalized spacial score (nSPS) is 14.4. The van der Waals surface area contributed by atoms with E-state index in [9.17, 15) is 4.79 Å². The van der Waals surface area contributed by atoms with E-state index in [1.807, 2.05) is 17.0 Å². The Labute approximate surface area is 122 Å². The molecule has 1 saturated heterocycles. The second-order valence-corrected chi connectivity index (χ2v) is 5.01. The maximum atomic E-state index is 12.5. The van der Waals surface area contributed by atoms with Crippen LogP contribution in [0.25, 0.3) is 0 Å². The summed E-state index contributed by atoms with van der Waals surface area (Å²) in [5.41, 5.74) is 0.583. The molecule has 110 valence electrons. The molecule has 0 aliphatic carbocycles. The molecule has 1 aromatic heterocycles. The van der Waals surface area contributed by atoms with Gasteiger partial charge in [0.05, 0.1) is 5.56 Å². The number of rotatable bonds is 4. The lowest BCUT2D eigenvalue weighted by atomic mass is 10.2. The van der Waals surface area contributed by atoms with Crippen LogP contribution in [-0.4, -0.2) is 34.0 Å². The first-order valence-electron chi connectivity index (χ1n) is 7.04. The minimum Gasteiger partial charge on any atom is -0.485 e. The Hall–Kier alpha value is -2.37. The van der Waals surface area contributed by atoms with E-state index in [2.05, 4.69) is 10.1 Å². The van der Waals surface area contributed by atoms with Crippen LogP contribution in [0.4, 0.5) is 0 Å². The molecule has 1 aliphatic heterocycles. The molecular weight excluding hydrogens is 270 g/mol. The third kappa shape index (κ3) is 3.04. The van der Waals surface area contributed by atoms with Crippen LogP contribution in [0.15, 0.2) is 28.8 Å². The number of carbonyl (C=O) groups excluding carboxylic acids is 1. The fourth-order valence-electron chi connectivity index (χ4n) is 2.40. The molecule has 2 aromatic rings. The van der Waals surface area contributed by atoms with Crippen molar-refractivity contribution in [3.8, 4) is 5.75 Å². The van der Waals surface area contributed by atoms with Crippen molar-refractivity contribution >= 4 is 5.91 Å². The molecule has 1 aliphatic rings. The monoisotopic (exact) mass is 287 g/mol. The number of aryl methyl sites for hydroxylation is 1. The summed E-state index contributed by atoms with van der Waals surface area (Å²) in [6.07, 6.45) is 2.13. The number of benzene rings is 1. The van der Waals surface area contributed by atoms with Crippen LogP contribution in [-0.2, 0) is 6.61 Å². The van der Waals surface area contributed by atoms with Gasteiger partial charge in [0.15, 0.2) is 6.61 Å². The van der Waals surface area contributed by atoms with E-state index in [-0.39, 0.29) is 12.5 Å². The van der Waals surface area contributed by atoms with Crippen LogP contribution in [0.5, 0.6) is 5.75 Å². The lowest BCUT2D eigenvalue weighted by Crippen LogP contribution is -2.28. The minimum absolute atomic E-state index is 0.0207. The molecule has 0 unspecified atom stereocenters. The molecule has 0 atom stereocenters. The van der Waals surface area contributed by atoms with Gasteiger partial charge in [0.2, 0.25) is 11.7 Å². The summed E-state index contributed by atoms with van der Waals surface area (Å²) in [5.74, 6) is 1.54. The van der Waals surface area contributed by atoms with Crippen molar-refractivity contribution in [2.45, 2.75) is 26.4 Å². The number of para-hydroxylation sites is 1. The quantitative estimate of drug-likeness (QED) is 0.862. The zero-order chi connectivity index (χ0) is 14.7. The Balaban J connectivity index is 1.74. The zero-order valence-corrected chi connectivity index (χ0v) is 11.9. The van der Waals surface area contributed by atoms with Crippen LogP contribution in [0.2, 0.25) is 0 Å². The van der Waals surface area contributed by atoms with E-state index < -0.39 is 0 Å². The Kier molecular flexibility index (Phi) is 3.85. The molecule has 1 aromatic carbocycles. The second-order valence-electron chi connectivity index (χ2n) is 5.01. The number of hydrogen-bond donors (Lipinski definition) is 0. The molecule has 0 spiro atoms. The lowest BCUT2D eigenvalue weighted by Gasteiger charge is -2.17. The average Bonchev–Trinajstić information content (AvgIpc) is 3.16. The molecule has 6 nitrogen and oxygen atoms in total. The van der Waals surface area contributed by atoms with Gasteiger partial charge in [-0.15, -0.1) is 0 Å². The maximum Gasteiger partial charge on any atom is 0.257 e. The standard InChI is InChI=1S/C15H17N3O3/c1-11-16-14(17-21-11)10-20-13-7-3-2-6-12(13)15(19)18-8-4-5-9-18/h2-3,6-7H,4-5,8-10H2,1H3. The van der Waals surface area contributed by atoms with Crippen LogP contribution in [0, 0.1) is 6.92 Å². The molecule has 1 fully saturated rings. The van der Waals surface area contributed by atoms with Gasteiger partial charge in [0, 0.05) is 20.0 Å². The highest BCUT2D eigenvalue weighted by Gasteiger charge is 2.22. The molecule has 2 heterocycles. The number of ether oxygens (including phenoxy) is 1. The number of carbonyl (C=O) groups is 1. The van der Waals surface area contributed by atoms with Crippen molar-refractivity contribution in [1.29, 1.82) is 0 Å². The predicted molar refractivity (Wildman–Crippen MR) is 74.9 cm³/mol. The first kappa shape index (κ1) is 13.6. The van der Waals surface area contributed by atoms with E-state index >= 15 is 0 Å². The average molecular weight is 287 g/mol. The molecule has 0 bridgehead atoms. The van der Waals surface area contributed by atoms with Gasteiger partial charge < -0.3 is 14.2 Å². The largest absolute Gasteiger partial charge is 0.485 e. The van der Waals surface area contributed by atoms with Gasteiger partial charge in [0.25, 0.3) is 5.91 Å². The Morgan fingerprint density at radius 2 is 2.10 bits per heavy atom. The maximum absolute atomic E-state index is 12.5. The van der Waals surface area contributed by atoms with E-state index in [0.717, 1.165) is 25.9 Å². The van der Waals surface area contributed by atoms with E-state index in [0.29, 0.717) is 23.0 Å². The molecule has 0 N–H and O–H groups in total. The summed E-state index contributed by atoms with van der Waals surface area (Å²) in [7, 11) is 0. The lowest BCUT2D eigenvalue weighted by molar-refractivity contribution is 0.0787. The van der Waals surface area contributed by atoms with Crippen molar-refractivity contribution in [3.05, 3.63) is 41.5 Å². The first-order valence-corrected chi connectivity index (χ1v) is 7.04. The van der Waals surface area contributed by atoms with Gasteiger partial charge in [-0.2, -0.15) is 4.98 Å². The van der Waals surface area contributed by atoms with Gasteiger partial charge in [-0.25, -0.2) is 0 Å². The summed E-state index contributed by atoms with van der Waals surface area (Å²) in [6.45, 7) is 3.54. The summed E-state index contributed by atoms with van der Waals surface area (Å²) >= 11 is 0. The number of aromatic nitrogens is 2. The summed E-state index contributed by atoms with van der Waals surface area (Å²) in [6, 6.07) is 7.26. The molecule has 0 radical (unpaired) electrons. The molecular formula is C15H17N3O3. The van der Waals surface area contributed by atoms with Gasteiger partial charge in [-0.3, -0.25) is 4.79 Å². The fourth-order valence-corrected chi connectivity index (χ4v) is 2.40. The molecule has 3 rings (SSSR count). The minimum atomic E-state index is 0.0207. The van der Waals surface area contributed by atoms with Crippen molar-refractivity contribution in [3.63, 3.8) is 0 Å². The van der Waals surface area contributed by atoms with Crippen molar-refractivity contribution < 1.29 is 14.1 Å². The Morgan fingerprint density at radius 1 is 1.33 bits per heavy atom. The summed E-state index contributed by atoms with van der Waals surface area (Å²) in [5, 5.41) is 3.78. The van der Waals surface area contributed by atoms with Gasteiger partial charge >= 0.3 is 0 Å². The highest BCUT2D eigenvalue weighted by Crippen LogP contribution is 2.22. The zero-order valence-electron chi connectivity index (χ0n) is 11.9. The Morgan fingerprint density at radius 3 is 2.81 bits per heavy atom. The van der Waals surface area contributed by atoms with Crippen molar-refractivity contribution in [2.75, 3.05) is 13.1 Å². The number of amides is 1. The fraction of sp³-hybridized carbons (Fsp3) is 0.400. The summed E-state index contributed by atoms with van der Waals surface area (Å²) < 4.78 is 10.6. The van der Waals surface area contributed by atoms with Crippen LogP contribution >= 0.6 is 0 Å². The van der Waals surface area contributed by atoms with E-state index in [1.54, 1.807) is 19.1 Å². The highest BCUT2D eigenvalue weighted by atomic mass is 16.5. The molecule has 0 saturated carbocycles. The SMILES string of the molecule is Cc1nc(COc2ccccc2C(=O)N2CCCC2)no1. The summed E-state index contributed by atoms with van der Waals surface area (Å²) in [4.78, 5) is 18.4. The smallest absolute Gasteiger partial charge is 0.257 e. The van der Waals surface area contributed by atoms with Gasteiger partial charge in [-0.1, -0.05) is 17.3 Å². The van der Waals surface area contributed by atoms with Crippen molar-refractivity contribution in [2.24, 2.45) is 0 Å². The topological polar surface area (TPSA) is 68.5 Å². The first-order chi connectivity index (χ1) is 10.2. The molecule has 6 heteroatoms. The van der Waals surface area contributed by atoms with Crippen molar-refractivity contribution in [1.82, 2.24) is 15.0 Å². The third-order valence-electron chi connectivity index (χ3n) is 3.44. The van der Waals surface area contributed by atoms with E-state index in [4.69, 9.17) is 9.26 Å². The Bertz CT molecular complexity index is 633. The second kappa shape index (κ2) is 5.95. The number of hydrogen-bond acceptors (Lipinski definition) is 5. The molecule has 21 heavy (non-hydrogen) atoms. The van der Waals surface area contributed by atoms with Gasteiger partial charge in [0.1, 0.15) is 5.75 Å². The number of nitrogens with zero attached hydrogens (tertiary/aromatic N) is 3. The number of likely N-dealkylation sites (tertiary alicyclic amines) is 1. The van der Waals surface area contributed by atoms with Crippen LogP contribution < -0.4 is 4.74 Å². The highest BCUT2D eigenvalue weighted by molar-refractivity contribution is 5.97. The van der Waals surface area contributed by atoms with Gasteiger partial charge in [-0.05, 0) is 25.0 Å². The van der Waals surface area contributed by atoms with E-state index in [1.165, 1.54) is 0 Å². The molecule has 1 amide bonds. The third-order valence-corrected chi connectivity index (χ3v) is 3.44. The van der Waals surface area contributed by atoms with Crippen LogP contribution in [0.3, 0.4) is 0 Å².